The predicted octanol–water partition coefficient (Wildman–Crippen LogP) is 2.21. The van der Waals surface area contributed by atoms with Crippen LogP contribution in [0.25, 0.3) is 0 Å². The number of benzene rings is 1. The van der Waals surface area contributed by atoms with Gasteiger partial charge in [-0.15, -0.1) is 0 Å². The second kappa shape index (κ2) is 7.60. The van der Waals surface area contributed by atoms with Crippen molar-refractivity contribution < 1.29 is 27.5 Å². The summed E-state index contributed by atoms with van der Waals surface area (Å²) in [5, 5.41) is 2.71. The van der Waals surface area contributed by atoms with E-state index < -0.39 is 45.7 Å². The predicted molar refractivity (Wildman–Crippen MR) is 106 cm³/mol. The van der Waals surface area contributed by atoms with Crippen LogP contribution in [0.15, 0.2) is 29.2 Å². The standard InChI is InChI=1S/C20H28N2O6S/c1-6-27-18(23)14-11-15-17(16(14)21-19(24)28-20(3,4)5)22(15)29(25,26)13-9-7-12(2)8-10-13/h7-10,14-17H,6,11H2,1-5H3,(H,21,24)/t14-,15+,16-,17+,22?/m1/s1. The summed E-state index contributed by atoms with van der Waals surface area (Å²) in [6, 6.07) is 5.07. The van der Waals surface area contributed by atoms with Crippen LogP contribution in [0.4, 0.5) is 4.79 Å². The molecular weight excluding hydrogens is 396 g/mol. The zero-order valence-electron chi connectivity index (χ0n) is 17.3. The first kappa shape index (κ1) is 21.6. The Hall–Kier alpha value is -2.13. The highest BCUT2D eigenvalue weighted by Crippen LogP contribution is 2.49. The highest BCUT2D eigenvalue weighted by atomic mass is 32.2. The van der Waals surface area contributed by atoms with Gasteiger partial charge in [0.25, 0.3) is 0 Å². The molecule has 1 saturated carbocycles. The summed E-state index contributed by atoms with van der Waals surface area (Å²) in [5.74, 6) is -1.05. The van der Waals surface area contributed by atoms with Crippen LogP contribution in [0, 0.1) is 12.8 Å². The lowest BCUT2D eigenvalue weighted by molar-refractivity contribution is -0.148. The van der Waals surface area contributed by atoms with Gasteiger partial charge in [-0.2, -0.15) is 4.31 Å². The lowest BCUT2D eigenvalue weighted by Crippen LogP contribution is -2.48. The molecule has 0 aromatic heterocycles. The fourth-order valence-electron chi connectivity index (χ4n) is 3.85. The van der Waals surface area contributed by atoms with Gasteiger partial charge < -0.3 is 14.8 Å². The van der Waals surface area contributed by atoms with Gasteiger partial charge in [0.05, 0.1) is 29.5 Å². The second-order valence-corrected chi connectivity index (χ2v) is 10.3. The van der Waals surface area contributed by atoms with Gasteiger partial charge in [-0.3, -0.25) is 4.79 Å². The van der Waals surface area contributed by atoms with Crippen LogP contribution in [0.5, 0.6) is 0 Å². The van der Waals surface area contributed by atoms with Gasteiger partial charge >= 0.3 is 12.1 Å². The number of ether oxygens (including phenoxy) is 2. The Labute approximate surface area is 171 Å². The number of carbonyl (C=O) groups is 2. The Kier molecular flexibility index (Phi) is 5.66. The van der Waals surface area contributed by atoms with Gasteiger partial charge in [-0.05, 0) is 53.2 Å². The van der Waals surface area contributed by atoms with E-state index in [0.717, 1.165) is 5.56 Å². The average molecular weight is 425 g/mol. The molecule has 0 radical (unpaired) electrons. The normalized spacial score (nSPS) is 28.4. The van der Waals surface area contributed by atoms with Crippen molar-refractivity contribution in [2.75, 3.05) is 6.61 Å². The van der Waals surface area contributed by atoms with Crippen molar-refractivity contribution in [2.24, 2.45) is 5.92 Å². The summed E-state index contributed by atoms with van der Waals surface area (Å²) < 4.78 is 37.9. The van der Waals surface area contributed by atoms with Crippen LogP contribution in [-0.4, -0.2) is 55.1 Å². The lowest BCUT2D eigenvalue weighted by Gasteiger charge is -2.26. The third kappa shape index (κ3) is 4.40. The van der Waals surface area contributed by atoms with Crippen molar-refractivity contribution in [1.82, 2.24) is 9.62 Å². The molecule has 1 heterocycles. The maximum absolute atomic E-state index is 13.0. The number of piperidine rings is 1. The van der Waals surface area contributed by atoms with E-state index in [4.69, 9.17) is 9.47 Å². The van der Waals surface area contributed by atoms with Crippen LogP contribution >= 0.6 is 0 Å². The largest absolute Gasteiger partial charge is 0.466 e. The number of carbonyl (C=O) groups excluding carboxylic acids is 2. The van der Waals surface area contributed by atoms with E-state index >= 15 is 0 Å². The highest BCUT2D eigenvalue weighted by Gasteiger charge is 2.67. The Balaban J connectivity index is 1.81. The van der Waals surface area contributed by atoms with E-state index in [1.807, 2.05) is 6.92 Å². The minimum absolute atomic E-state index is 0.196. The summed E-state index contributed by atoms with van der Waals surface area (Å²) in [7, 11) is -3.72. The topological polar surface area (TPSA) is 102 Å². The summed E-state index contributed by atoms with van der Waals surface area (Å²) in [6.45, 7) is 9.01. The van der Waals surface area contributed by atoms with Crippen LogP contribution < -0.4 is 5.32 Å². The van der Waals surface area contributed by atoms with Gasteiger partial charge in [-0.1, -0.05) is 17.7 Å². The SMILES string of the molecule is CCOC(=O)[C@@H]1C[C@H]2[C@@H]([C@@H]1NC(=O)OC(C)(C)C)N2S(=O)(=O)c1ccc(C)cc1. The molecule has 1 aliphatic heterocycles. The molecule has 2 fully saturated rings. The van der Waals surface area contributed by atoms with Crippen LogP contribution in [0.1, 0.15) is 39.7 Å². The number of esters is 1. The van der Waals surface area contributed by atoms with E-state index in [-0.39, 0.29) is 17.5 Å². The Morgan fingerprint density at radius 1 is 1.21 bits per heavy atom. The molecule has 1 amide bonds. The van der Waals surface area contributed by atoms with E-state index in [0.29, 0.717) is 6.42 Å². The lowest BCUT2D eigenvalue weighted by atomic mass is 10.0. The van der Waals surface area contributed by atoms with Crippen molar-refractivity contribution in [3.05, 3.63) is 29.8 Å². The number of amides is 1. The maximum atomic E-state index is 13.0. The first-order valence-electron chi connectivity index (χ1n) is 9.72. The molecule has 3 rings (SSSR count). The fraction of sp³-hybridized carbons (Fsp3) is 0.600. The zero-order valence-corrected chi connectivity index (χ0v) is 18.2. The van der Waals surface area contributed by atoms with Crippen molar-refractivity contribution in [3.8, 4) is 0 Å². The van der Waals surface area contributed by atoms with Gasteiger partial charge in [0.1, 0.15) is 5.60 Å². The van der Waals surface area contributed by atoms with Gasteiger partial charge in [0, 0.05) is 6.04 Å². The van der Waals surface area contributed by atoms with Crippen molar-refractivity contribution in [2.45, 2.75) is 69.7 Å². The molecule has 1 aliphatic carbocycles. The maximum Gasteiger partial charge on any atom is 0.407 e. The number of nitrogens with zero attached hydrogens (tertiary/aromatic N) is 1. The number of hydrogen-bond acceptors (Lipinski definition) is 6. The minimum atomic E-state index is -3.72. The molecule has 0 bridgehead atoms. The number of aryl methyl sites for hydroxylation is 1. The Bertz CT molecular complexity index is 891. The molecular formula is C20H28N2O6S. The monoisotopic (exact) mass is 424 g/mol. The van der Waals surface area contributed by atoms with Crippen molar-refractivity contribution in [3.63, 3.8) is 0 Å². The number of sulfonamides is 1. The number of hydrogen-bond donors (Lipinski definition) is 1. The van der Waals surface area contributed by atoms with Gasteiger partial charge in [0.15, 0.2) is 0 Å². The molecule has 8 nitrogen and oxygen atoms in total. The second-order valence-electron chi connectivity index (χ2n) is 8.47. The summed E-state index contributed by atoms with van der Waals surface area (Å²) in [4.78, 5) is 24.9. The molecule has 1 N–H and O–H groups in total. The van der Waals surface area contributed by atoms with Crippen molar-refractivity contribution >= 4 is 22.1 Å². The number of nitrogens with one attached hydrogen (secondary N) is 1. The summed E-state index contributed by atoms with van der Waals surface area (Å²) in [6.07, 6.45) is -0.383. The first-order chi connectivity index (χ1) is 13.5. The zero-order chi connectivity index (χ0) is 21.6. The Morgan fingerprint density at radius 2 is 1.83 bits per heavy atom. The molecule has 29 heavy (non-hydrogen) atoms. The van der Waals surface area contributed by atoms with Gasteiger partial charge in [-0.25, -0.2) is 13.2 Å². The minimum Gasteiger partial charge on any atom is -0.466 e. The van der Waals surface area contributed by atoms with Crippen LogP contribution in [-0.2, 0) is 24.3 Å². The highest BCUT2D eigenvalue weighted by molar-refractivity contribution is 7.89. The van der Waals surface area contributed by atoms with Crippen molar-refractivity contribution in [1.29, 1.82) is 0 Å². The molecule has 1 aromatic rings. The quantitative estimate of drug-likeness (QED) is 0.574. The molecule has 160 valence electrons. The average Bonchev–Trinajstić information content (AvgIpc) is 3.22. The molecule has 1 aromatic carbocycles. The smallest absolute Gasteiger partial charge is 0.407 e. The van der Waals surface area contributed by atoms with Crippen LogP contribution in [0.3, 0.4) is 0 Å². The van der Waals surface area contributed by atoms with Gasteiger partial charge in [0.2, 0.25) is 10.0 Å². The summed E-state index contributed by atoms with van der Waals surface area (Å²) in [5.41, 5.74) is 0.250. The fourth-order valence-corrected chi connectivity index (χ4v) is 5.68. The first-order valence-corrected chi connectivity index (χ1v) is 11.2. The van der Waals surface area contributed by atoms with E-state index in [1.165, 1.54) is 4.31 Å². The molecule has 1 saturated heterocycles. The number of rotatable bonds is 5. The van der Waals surface area contributed by atoms with E-state index in [1.54, 1.807) is 52.0 Å². The number of alkyl carbamates (subject to hydrolysis) is 1. The van der Waals surface area contributed by atoms with E-state index in [9.17, 15) is 18.0 Å². The third-order valence-electron chi connectivity index (χ3n) is 5.09. The van der Waals surface area contributed by atoms with E-state index in [2.05, 4.69) is 5.32 Å². The molecule has 0 spiro atoms. The molecule has 5 atom stereocenters. The van der Waals surface area contributed by atoms with Crippen LogP contribution in [0.2, 0.25) is 0 Å². The molecule has 1 unspecified atom stereocenters. The Morgan fingerprint density at radius 3 is 2.38 bits per heavy atom. The molecule has 2 aliphatic rings. The number of fused-ring (bicyclic) bond motifs is 1. The third-order valence-corrected chi connectivity index (χ3v) is 7.03. The summed E-state index contributed by atoms with van der Waals surface area (Å²) >= 11 is 0. The molecule has 9 heteroatoms.